The predicted octanol–water partition coefficient (Wildman–Crippen LogP) is 6.11. The minimum atomic E-state index is -1.29. The van der Waals surface area contributed by atoms with Crippen LogP contribution in [-0.4, -0.2) is 95.0 Å². The number of piperazine rings is 1. The maximum Gasteiger partial charge on any atom is 0.345 e. The number of carboxylic acids is 1. The Balaban J connectivity index is 1.42. The van der Waals surface area contributed by atoms with Crippen LogP contribution < -0.4 is 14.2 Å². The molecule has 1 aliphatic rings. The van der Waals surface area contributed by atoms with E-state index < -0.39 is 12.1 Å². The first kappa shape index (κ1) is 34.2. The normalized spacial score (nSPS) is 14.6. The number of para-hydroxylation sites is 1. The summed E-state index contributed by atoms with van der Waals surface area (Å²) in [5.74, 6) is -0.317. The number of aromatic nitrogens is 3. The number of carboxylic acid groups (broad SMARTS) is 1. The smallest absolute Gasteiger partial charge is 0.345 e. The van der Waals surface area contributed by atoms with Crippen molar-refractivity contribution in [3.63, 3.8) is 0 Å². The molecule has 1 unspecified atom stereocenters. The van der Waals surface area contributed by atoms with Crippen molar-refractivity contribution in [2.45, 2.75) is 19.4 Å². The van der Waals surface area contributed by atoms with Crippen LogP contribution in [0.3, 0.4) is 0 Å². The van der Waals surface area contributed by atoms with Gasteiger partial charge in [0.1, 0.15) is 35.9 Å². The monoisotopic (exact) mass is 687 g/mol. The van der Waals surface area contributed by atoms with Crippen LogP contribution in [-0.2, 0) is 18.3 Å². The summed E-state index contributed by atoms with van der Waals surface area (Å²) >= 11 is 7.00. The number of ether oxygens (including phenoxy) is 3. The third kappa shape index (κ3) is 7.19. The lowest BCUT2D eigenvalue weighted by Crippen LogP contribution is -2.45. The molecule has 0 spiro atoms. The number of carbonyl (C=O) groups is 1. The molecule has 1 aliphatic heterocycles. The Hall–Kier alpha value is -4.71. The molecule has 1 saturated heterocycles. The second-order valence-corrected chi connectivity index (χ2v) is 12.5. The zero-order valence-corrected chi connectivity index (χ0v) is 28.7. The summed E-state index contributed by atoms with van der Waals surface area (Å²) in [5.41, 5.74) is 4.77. The van der Waals surface area contributed by atoms with Crippen LogP contribution in [0.25, 0.3) is 33.4 Å². The number of hydrogen-bond acceptors (Lipinski definition) is 8. The number of likely N-dealkylation sites (N-methyl/N-ethyl adjacent to an activating group) is 1. The van der Waals surface area contributed by atoms with E-state index in [0.29, 0.717) is 51.0 Å². The number of nitrogens with zero attached hydrogens (tertiary/aromatic N) is 5. The molecule has 3 aromatic carbocycles. The van der Waals surface area contributed by atoms with Crippen molar-refractivity contribution >= 4 is 28.6 Å². The molecule has 1 atom stereocenters. The summed E-state index contributed by atoms with van der Waals surface area (Å²) in [5, 5.41) is 11.2. The van der Waals surface area contributed by atoms with Crippen LogP contribution >= 0.6 is 11.6 Å². The number of halogens is 2. The zero-order valence-electron chi connectivity index (χ0n) is 28.0. The van der Waals surface area contributed by atoms with E-state index >= 15 is 0 Å². The molecule has 0 bridgehead atoms. The van der Waals surface area contributed by atoms with Crippen molar-refractivity contribution in [1.82, 2.24) is 24.3 Å². The molecule has 5 aromatic rings. The third-order valence-electron chi connectivity index (χ3n) is 9.06. The highest BCUT2D eigenvalue weighted by molar-refractivity contribution is 6.33. The van der Waals surface area contributed by atoms with E-state index in [0.717, 1.165) is 49.4 Å². The summed E-state index contributed by atoms with van der Waals surface area (Å²) in [6, 6.07) is 17.1. The topological polar surface area (TPSA) is 102 Å². The number of aliphatic carboxylic acids is 1. The van der Waals surface area contributed by atoms with E-state index in [9.17, 15) is 14.3 Å². The molecule has 0 saturated carbocycles. The fourth-order valence-corrected chi connectivity index (χ4v) is 6.53. The fraction of sp³-hybridized carbons (Fsp3) is 0.324. The first-order chi connectivity index (χ1) is 23.7. The van der Waals surface area contributed by atoms with Gasteiger partial charge in [-0.2, -0.15) is 0 Å². The number of aryl methyl sites for hydroxylation is 1. The molecule has 0 amide bonds. The van der Waals surface area contributed by atoms with Crippen molar-refractivity contribution in [3.05, 3.63) is 89.0 Å². The molecular weight excluding hydrogens is 649 g/mol. The van der Waals surface area contributed by atoms with Crippen LogP contribution in [0.2, 0.25) is 5.02 Å². The van der Waals surface area contributed by atoms with Gasteiger partial charge in [0.05, 0.1) is 23.2 Å². The average Bonchev–Trinajstić information content (AvgIpc) is 3.40. The Morgan fingerprint density at radius 3 is 2.45 bits per heavy atom. The van der Waals surface area contributed by atoms with Crippen molar-refractivity contribution in [2.24, 2.45) is 7.05 Å². The van der Waals surface area contributed by atoms with Gasteiger partial charge in [0, 0.05) is 51.8 Å². The Labute approximate surface area is 289 Å². The van der Waals surface area contributed by atoms with E-state index in [-0.39, 0.29) is 18.1 Å². The minimum Gasteiger partial charge on any atom is -0.496 e. The number of methoxy groups -OCH3 is 1. The molecule has 3 heterocycles. The molecular formula is C37H39ClFN5O5. The molecule has 49 heavy (non-hydrogen) atoms. The second kappa shape index (κ2) is 14.8. The molecule has 2 aromatic heterocycles. The van der Waals surface area contributed by atoms with Gasteiger partial charge in [-0.3, -0.25) is 4.90 Å². The Kier molecular flexibility index (Phi) is 10.3. The van der Waals surface area contributed by atoms with Crippen LogP contribution in [0.15, 0.2) is 67.0 Å². The van der Waals surface area contributed by atoms with Gasteiger partial charge in [0.15, 0.2) is 0 Å². The first-order valence-corrected chi connectivity index (χ1v) is 16.5. The summed E-state index contributed by atoms with van der Waals surface area (Å²) < 4.78 is 33.9. The Bertz CT molecular complexity index is 1960. The number of rotatable bonds is 12. The summed E-state index contributed by atoms with van der Waals surface area (Å²) in [4.78, 5) is 26.3. The van der Waals surface area contributed by atoms with Crippen molar-refractivity contribution in [1.29, 1.82) is 0 Å². The maximum atomic E-state index is 14.1. The van der Waals surface area contributed by atoms with Gasteiger partial charge in [-0.1, -0.05) is 35.9 Å². The van der Waals surface area contributed by atoms with Crippen molar-refractivity contribution < 1.29 is 28.5 Å². The van der Waals surface area contributed by atoms with Gasteiger partial charge < -0.3 is 28.8 Å². The molecule has 1 N–H and O–H groups in total. The highest BCUT2D eigenvalue weighted by atomic mass is 35.5. The first-order valence-electron chi connectivity index (χ1n) is 16.1. The van der Waals surface area contributed by atoms with E-state index in [1.165, 1.54) is 25.6 Å². The lowest BCUT2D eigenvalue weighted by atomic mass is 9.95. The number of hydrogen-bond donors (Lipinski definition) is 1. The van der Waals surface area contributed by atoms with Gasteiger partial charge in [-0.15, -0.1) is 0 Å². The van der Waals surface area contributed by atoms with Gasteiger partial charge in [0.2, 0.25) is 12.0 Å². The van der Waals surface area contributed by atoms with Crippen LogP contribution in [0, 0.1) is 12.7 Å². The average molecular weight is 688 g/mol. The van der Waals surface area contributed by atoms with Gasteiger partial charge >= 0.3 is 5.97 Å². The molecule has 1 fully saturated rings. The molecule has 12 heteroatoms. The largest absolute Gasteiger partial charge is 0.496 e. The number of benzene rings is 3. The highest BCUT2D eigenvalue weighted by Crippen LogP contribution is 2.46. The molecule has 256 valence electrons. The number of fused-ring (bicyclic) bond motifs is 1. The van der Waals surface area contributed by atoms with Crippen LogP contribution in [0.5, 0.6) is 17.4 Å². The lowest BCUT2D eigenvalue weighted by Gasteiger charge is -2.32. The van der Waals surface area contributed by atoms with E-state index in [4.69, 9.17) is 25.8 Å². The van der Waals surface area contributed by atoms with E-state index in [1.807, 2.05) is 42.8 Å². The van der Waals surface area contributed by atoms with Gasteiger partial charge in [-0.05, 0) is 72.6 Å². The third-order valence-corrected chi connectivity index (χ3v) is 9.53. The summed E-state index contributed by atoms with van der Waals surface area (Å²) in [7, 11) is 5.51. The lowest BCUT2D eigenvalue weighted by molar-refractivity contribution is -0.145. The van der Waals surface area contributed by atoms with Gasteiger partial charge in [-0.25, -0.2) is 19.2 Å². The van der Waals surface area contributed by atoms with Crippen molar-refractivity contribution in [2.75, 3.05) is 53.5 Å². The van der Waals surface area contributed by atoms with Crippen LogP contribution in [0.1, 0.15) is 11.1 Å². The Morgan fingerprint density at radius 2 is 1.73 bits per heavy atom. The van der Waals surface area contributed by atoms with Gasteiger partial charge in [0.25, 0.3) is 0 Å². The summed E-state index contributed by atoms with van der Waals surface area (Å²) in [6.45, 7) is 7.23. The zero-order chi connectivity index (χ0) is 34.7. The summed E-state index contributed by atoms with van der Waals surface area (Å²) in [6.07, 6.45) is 0.0789. The SMILES string of the molecule is COc1ccccc1CC(Oc1ncnc2c1c(-c1ccc(OCCN3CCN(C)CC3)c(Cl)c1C)c(-c1ccc(F)cc1)n2C)C(=O)O. The van der Waals surface area contributed by atoms with E-state index in [2.05, 4.69) is 26.8 Å². The van der Waals surface area contributed by atoms with Crippen molar-refractivity contribution in [3.8, 4) is 39.8 Å². The molecule has 0 radical (unpaired) electrons. The second-order valence-electron chi connectivity index (χ2n) is 12.2. The van der Waals surface area contributed by atoms with E-state index in [1.54, 1.807) is 24.3 Å². The highest BCUT2D eigenvalue weighted by Gasteiger charge is 2.29. The molecule has 0 aliphatic carbocycles. The minimum absolute atomic E-state index is 0.0306. The Morgan fingerprint density at radius 1 is 1.00 bits per heavy atom. The molecule has 6 rings (SSSR count). The maximum absolute atomic E-state index is 14.1. The predicted molar refractivity (Wildman–Crippen MR) is 187 cm³/mol. The quantitative estimate of drug-likeness (QED) is 0.166. The van der Waals surface area contributed by atoms with Crippen LogP contribution in [0.4, 0.5) is 4.39 Å². The standard InChI is InChI=1S/C37H39ClFN5O5/c1-23-27(13-14-29(33(23)38)48-20-19-44-17-15-42(2)16-18-44)31-32-35(43(3)34(31)24-9-11-26(39)12-10-24)40-22-41-36(32)49-30(37(45)46)21-25-7-5-6-8-28(25)47-4/h5-14,22,30H,15-21H2,1-4H3,(H,45,46). The molecule has 10 nitrogen and oxygen atoms in total. The fourth-order valence-electron chi connectivity index (χ4n) is 6.31.